The van der Waals surface area contributed by atoms with Gasteiger partial charge < -0.3 is 24.3 Å². The van der Waals surface area contributed by atoms with Crippen LogP contribution in [-0.4, -0.2) is 89.2 Å². The summed E-state index contributed by atoms with van der Waals surface area (Å²) in [6.45, 7) is 11.6. The van der Waals surface area contributed by atoms with Gasteiger partial charge in [0, 0.05) is 49.7 Å². The molecule has 4 heterocycles. The summed E-state index contributed by atoms with van der Waals surface area (Å²) in [5.74, 6) is 0. The number of hydrogen-bond donors (Lipinski definition) is 0. The molecule has 1 aromatic rings. The zero-order chi connectivity index (χ0) is 24.6. The van der Waals surface area contributed by atoms with E-state index in [1.165, 1.54) is 11.1 Å². The maximum Gasteiger partial charge on any atom is 0.410 e. The predicted molar refractivity (Wildman–Crippen MR) is 136 cm³/mol. The van der Waals surface area contributed by atoms with Crippen molar-refractivity contribution in [3.63, 3.8) is 0 Å². The quantitative estimate of drug-likeness (QED) is 0.636. The summed E-state index contributed by atoms with van der Waals surface area (Å²) in [7, 11) is 0. The largest absolute Gasteiger partial charge is 0.450 e. The van der Waals surface area contributed by atoms with Crippen LogP contribution >= 0.6 is 0 Å². The maximum absolute atomic E-state index is 13.3. The Bertz CT molecular complexity index is 911. The minimum Gasteiger partial charge on any atom is -0.450 e. The number of hydrogen-bond acceptors (Lipinski definition) is 4. The third-order valence-corrected chi connectivity index (χ3v) is 9.21. The average molecular weight is 483 g/mol. The first kappa shape index (κ1) is 24.4. The van der Waals surface area contributed by atoms with E-state index in [4.69, 9.17) is 4.74 Å². The highest BCUT2D eigenvalue weighted by molar-refractivity contribution is 5.75. The number of nitrogens with zero attached hydrogens (tertiary/aromatic N) is 4. The molecule has 0 aliphatic carbocycles. The first-order valence-electron chi connectivity index (χ1n) is 13.8. The Hall–Kier alpha value is -2.28. The lowest BCUT2D eigenvalue weighted by Gasteiger charge is -2.51. The standard InChI is InChI=1S/C28H42N4O3/c1-4-29(5-2)26(33)31-19-21-9-7-8-10-25(21)28(20-31)13-15-30(16-14-28)24-17-22-11-12-23(18-24)32(22)27(34)35-6-3/h7-10,22-24H,4-6,11-20H2,1-3H3. The monoisotopic (exact) mass is 482 g/mol. The van der Waals surface area contributed by atoms with Gasteiger partial charge in [0.1, 0.15) is 0 Å². The number of urea groups is 1. The van der Waals surface area contributed by atoms with Crippen LogP contribution in [0.15, 0.2) is 24.3 Å². The van der Waals surface area contributed by atoms with Crippen LogP contribution < -0.4 is 0 Å². The molecular weight excluding hydrogens is 440 g/mol. The number of carbonyl (C=O) groups excluding carboxylic acids is 2. The molecule has 0 radical (unpaired) electrons. The van der Waals surface area contributed by atoms with Crippen LogP contribution in [-0.2, 0) is 16.7 Å². The van der Waals surface area contributed by atoms with Gasteiger partial charge in [-0.3, -0.25) is 0 Å². The third-order valence-electron chi connectivity index (χ3n) is 9.21. The van der Waals surface area contributed by atoms with Gasteiger partial charge in [0.2, 0.25) is 0 Å². The molecule has 4 aliphatic rings. The molecule has 2 unspecified atom stereocenters. The lowest BCUT2D eigenvalue weighted by Crippen LogP contribution is -2.58. The Morgan fingerprint density at radius 1 is 1.00 bits per heavy atom. The minimum absolute atomic E-state index is 0.0404. The van der Waals surface area contributed by atoms with Gasteiger partial charge in [-0.25, -0.2) is 9.59 Å². The van der Waals surface area contributed by atoms with Crippen LogP contribution in [0.1, 0.15) is 70.4 Å². The van der Waals surface area contributed by atoms with Gasteiger partial charge in [-0.1, -0.05) is 24.3 Å². The van der Waals surface area contributed by atoms with Crippen LogP contribution in [0.4, 0.5) is 9.59 Å². The molecule has 4 aliphatic heterocycles. The summed E-state index contributed by atoms with van der Waals surface area (Å²) in [6.07, 6.45) is 6.38. The molecule has 3 fully saturated rings. The van der Waals surface area contributed by atoms with Crippen molar-refractivity contribution < 1.29 is 14.3 Å². The number of rotatable bonds is 4. The van der Waals surface area contributed by atoms with Crippen molar-refractivity contribution in [3.8, 4) is 0 Å². The minimum atomic E-state index is -0.118. The van der Waals surface area contributed by atoms with E-state index in [1.807, 2.05) is 16.7 Å². The second-order valence-corrected chi connectivity index (χ2v) is 10.9. The van der Waals surface area contributed by atoms with Crippen molar-refractivity contribution in [2.24, 2.45) is 0 Å². The molecule has 7 heteroatoms. The molecular formula is C28H42N4O3. The number of benzene rings is 1. The van der Waals surface area contributed by atoms with E-state index in [9.17, 15) is 9.59 Å². The van der Waals surface area contributed by atoms with Crippen molar-refractivity contribution in [3.05, 3.63) is 35.4 Å². The van der Waals surface area contributed by atoms with Crippen molar-refractivity contribution in [1.29, 1.82) is 0 Å². The van der Waals surface area contributed by atoms with E-state index >= 15 is 0 Å². The van der Waals surface area contributed by atoms with Crippen LogP contribution in [0.25, 0.3) is 0 Å². The van der Waals surface area contributed by atoms with E-state index in [2.05, 4.69) is 47.9 Å². The van der Waals surface area contributed by atoms with Crippen LogP contribution in [0.3, 0.4) is 0 Å². The molecule has 3 amide bonds. The van der Waals surface area contributed by atoms with Crippen molar-refractivity contribution in [1.82, 2.24) is 19.6 Å². The van der Waals surface area contributed by atoms with Crippen LogP contribution in [0.5, 0.6) is 0 Å². The third kappa shape index (κ3) is 4.41. The Kier molecular flexibility index (Phi) is 6.97. The molecule has 3 saturated heterocycles. The second kappa shape index (κ2) is 10.00. The second-order valence-electron chi connectivity index (χ2n) is 10.9. The summed E-state index contributed by atoms with van der Waals surface area (Å²) in [6, 6.07) is 10.2. The maximum atomic E-state index is 13.3. The van der Waals surface area contributed by atoms with Crippen molar-refractivity contribution >= 4 is 12.1 Å². The fourth-order valence-electron chi connectivity index (χ4n) is 7.40. The lowest BCUT2D eigenvalue weighted by atomic mass is 9.68. The van der Waals surface area contributed by atoms with Gasteiger partial charge in [0.15, 0.2) is 0 Å². The fourth-order valence-corrected chi connectivity index (χ4v) is 7.40. The van der Waals surface area contributed by atoms with Gasteiger partial charge in [-0.05, 0) is 83.5 Å². The van der Waals surface area contributed by atoms with Gasteiger partial charge in [0.05, 0.1) is 6.61 Å². The van der Waals surface area contributed by atoms with Gasteiger partial charge >= 0.3 is 12.1 Å². The number of amides is 3. The van der Waals surface area contributed by atoms with E-state index < -0.39 is 0 Å². The van der Waals surface area contributed by atoms with Crippen LogP contribution in [0, 0.1) is 0 Å². The molecule has 7 nitrogen and oxygen atoms in total. The molecule has 35 heavy (non-hydrogen) atoms. The highest BCUT2D eigenvalue weighted by atomic mass is 16.6. The number of piperidine rings is 2. The van der Waals surface area contributed by atoms with E-state index in [1.54, 1.807) is 0 Å². The van der Waals surface area contributed by atoms with Crippen LogP contribution in [0.2, 0.25) is 0 Å². The zero-order valence-corrected chi connectivity index (χ0v) is 21.7. The van der Waals surface area contributed by atoms with E-state index in [-0.39, 0.29) is 17.5 Å². The molecule has 2 atom stereocenters. The van der Waals surface area contributed by atoms with Gasteiger partial charge in [-0.15, -0.1) is 0 Å². The Morgan fingerprint density at radius 2 is 1.66 bits per heavy atom. The molecule has 5 rings (SSSR count). The predicted octanol–water partition coefficient (Wildman–Crippen LogP) is 4.45. The van der Waals surface area contributed by atoms with Crippen molar-refractivity contribution in [2.75, 3.05) is 39.3 Å². The summed E-state index contributed by atoms with van der Waals surface area (Å²) < 4.78 is 5.35. The normalized spacial score (nSPS) is 27.6. The SMILES string of the molecule is CCOC(=O)N1C2CCC1CC(N1CCC3(CC1)CN(C(=O)N(CC)CC)Cc1ccccc13)C2. The fraction of sp³-hybridized carbons (Fsp3) is 0.714. The number of fused-ring (bicyclic) bond motifs is 4. The highest BCUT2D eigenvalue weighted by Gasteiger charge is 2.48. The summed E-state index contributed by atoms with van der Waals surface area (Å²) >= 11 is 0. The van der Waals surface area contributed by atoms with Gasteiger partial charge in [-0.2, -0.15) is 0 Å². The zero-order valence-electron chi connectivity index (χ0n) is 21.7. The smallest absolute Gasteiger partial charge is 0.410 e. The number of likely N-dealkylation sites (tertiary alicyclic amines) is 1. The van der Waals surface area contributed by atoms with E-state index in [0.717, 1.165) is 71.2 Å². The molecule has 2 bridgehead atoms. The Balaban J connectivity index is 1.29. The van der Waals surface area contributed by atoms with E-state index in [0.29, 0.717) is 31.3 Å². The lowest BCUT2D eigenvalue weighted by molar-refractivity contribution is 0.0209. The Labute approximate surface area is 210 Å². The number of carbonyl (C=O) groups is 2. The molecule has 0 N–H and O–H groups in total. The molecule has 192 valence electrons. The molecule has 0 saturated carbocycles. The molecule has 1 aromatic carbocycles. The molecule has 1 spiro atoms. The van der Waals surface area contributed by atoms with Crippen molar-refractivity contribution in [2.45, 2.75) is 89.4 Å². The number of ether oxygens (including phenoxy) is 1. The summed E-state index contributed by atoms with van der Waals surface area (Å²) in [5.41, 5.74) is 2.81. The highest BCUT2D eigenvalue weighted by Crippen LogP contribution is 2.44. The first-order chi connectivity index (χ1) is 17.0. The first-order valence-corrected chi connectivity index (χ1v) is 13.8. The topological polar surface area (TPSA) is 56.3 Å². The summed E-state index contributed by atoms with van der Waals surface area (Å²) in [4.78, 5) is 34.6. The van der Waals surface area contributed by atoms with Gasteiger partial charge in [0.25, 0.3) is 0 Å². The Morgan fingerprint density at radius 3 is 2.29 bits per heavy atom. The summed E-state index contributed by atoms with van der Waals surface area (Å²) in [5, 5.41) is 0. The average Bonchev–Trinajstić information content (AvgIpc) is 3.15. The molecule has 0 aromatic heterocycles.